The van der Waals surface area contributed by atoms with E-state index in [1.54, 1.807) is 18.1 Å². The molecule has 6 nitrogen and oxygen atoms in total. The molecule has 1 saturated heterocycles. The van der Waals surface area contributed by atoms with E-state index in [2.05, 4.69) is 25.3 Å². The number of thioether (sulfide) groups is 1. The number of H-pyrrole nitrogens is 1. The molecule has 0 spiro atoms. The molecule has 1 fully saturated rings. The Bertz CT molecular complexity index is 552. The summed E-state index contributed by atoms with van der Waals surface area (Å²) in [7, 11) is 0. The van der Waals surface area contributed by atoms with Gasteiger partial charge in [0.05, 0.1) is 6.33 Å². The molecular formula is C12H17N5OS. The van der Waals surface area contributed by atoms with Crippen molar-refractivity contribution >= 4 is 28.9 Å². The van der Waals surface area contributed by atoms with Crippen molar-refractivity contribution in [3.05, 3.63) is 6.33 Å². The first-order chi connectivity index (χ1) is 9.36. The largest absolute Gasteiger partial charge is 0.381 e. The topological polar surface area (TPSA) is 75.7 Å². The average Bonchev–Trinajstić information content (AvgIpc) is 2.89. The normalized spacial score (nSPS) is 16.9. The highest BCUT2D eigenvalue weighted by Crippen LogP contribution is 2.32. The second kappa shape index (κ2) is 5.75. The third-order valence-electron chi connectivity index (χ3n) is 3.03. The summed E-state index contributed by atoms with van der Waals surface area (Å²) in [6, 6.07) is 0. The fourth-order valence-corrected chi connectivity index (χ4v) is 3.23. The highest BCUT2D eigenvalue weighted by atomic mass is 32.2. The van der Waals surface area contributed by atoms with E-state index < -0.39 is 0 Å². The van der Waals surface area contributed by atoms with Crippen LogP contribution in [0.1, 0.15) is 19.8 Å². The first-order valence-electron chi connectivity index (χ1n) is 6.56. The van der Waals surface area contributed by atoms with Gasteiger partial charge >= 0.3 is 0 Å². The minimum atomic E-state index is 0.560. The van der Waals surface area contributed by atoms with Gasteiger partial charge in [-0.3, -0.25) is 0 Å². The van der Waals surface area contributed by atoms with Crippen molar-refractivity contribution < 1.29 is 4.74 Å². The van der Waals surface area contributed by atoms with Gasteiger partial charge in [0.1, 0.15) is 10.5 Å². The zero-order valence-electron chi connectivity index (χ0n) is 10.8. The number of hydrogen-bond acceptors (Lipinski definition) is 6. The zero-order valence-corrected chi connectivity index (χ0v) is 11.7. The SMILES string of the molecule is CCNc1nc(SC2CCOCC2)c2[nH]cnc2n1. The van der Waals surface area contributed by atoms with Gasteiger partial charge in [0.25, 0.3) is 0 Å². The molecule has 0 atom stereocenters. The molecule has 0 radical (unpaired) electrons. The highest BCUT2D eigenvalue weighted by molar-refractivity contribution is 8.00. The van der Waals surface area contributed by atoms with E-state index in [-0.39, 0.29) is 0 Å². The summed E-state index contributed by atoms with van der Waals surface area (Å²) in [6.07, 6.45) is 3.81. The van der Waals surface area contributed by atoms with Crippen molar-refractivity contribution in [2.24, 2.45) is 0 Å². The lowest BCUT2D eigenvalue weighted by Gasteiger charge is -2.21. The van der Waals surface area contributed by atoms with E-state index in [1.165, 1.54) is 0 Å². The Morgan fingerprint density at radius 3 is 3.05 bits per heavy atom. The summed E-state index contributed by atoms with van der Waals surface area (Å²) >= 11 is 1.80. The fraction of sp³-hybridized carbons (Fsp3) is 0.583. The van der Waals surface area contributed by atoms with Gasteiger partial charge < -0.3 is 15.0 Å². The zero-order chi connectivity index (χ0) is 13.1. The van der Waals surface area contributed by atoms with Crippen LogP contribution >= 0.6 is 11.8 Å². The van der Waals surface area contributed by atoms with Crippen LogP contribution in [0.3, 0.4) is 0 Å². The van der Waals surface area contributed by atoms with Crippen LogP contribution in [0, 0.1) is 0 Å². The monoisotopic (exact) mass is 279 g/mol. The summed E-state index contributed by atoms with van der Waals surface area (Å²) < 4.78 is 5.39. The second-order valence-corrected chi connectivity index (χ2v) is 5.70. The molecule has 7 heteroatoms. The van der Waals surface area contributed by atoms with Crippen LogP contribution in [0.25, 0.3) is 11.2 Å². The lowest BCUT2D eigenvalue weighted by Crippen LogP contribution is -2.17. The van der Waals surface area contributed by atoms with Crippen LogP contribution < -0.4 is 5.32 Å². The van der Waals surface area contributed by atoms with Crippen LogP contribution in [0.15, 0.2) is 11.4 Å². The molecule has 0 saturated carbocycles. The number of anilines is 1. The molecule has 1 aliphatic rings. The van der Waals surface area contributed by atoms with E-state index in [1.807, 2.05) is 6.92 Å². The Morgan fingerprint density at radius 1 is 1.42 bits per heavy atom. The fourth-order valence-electron chi connectivity index (χ4n) is 2.08. The van der Waals surface area contributed by atoms with Gasteiger partial charge in [-0.1, -0.05) is 0 Å². The Balaban J connectivity index is 1.88. The Hall–Kier alpha value is -1.34. The van der Waals surface area contributed by atoms with Gasteiger partial charge in [-0.25, -0.2) is 9.97 Å². The maximum Gasteiger partial charge on any atom is 0.225 e. The highest BCUT2D eigenvalue weighted by Gasteiger charge is 2.19. The van der Waals surface area contributed by atoms with Crippen molar-refractivity contribution in [1.29, 1.82) is 0 Å². The number of nitrogens with one attached hydrogen (secondary N) is 2. The van der Waals surface area contributed by atoms with E-state index in [0.717, 1.165) is 48.8 Å². The third-order valence-corrected chi connectivity index (χ3v) is 4.36. The number of nitrogens with zero attached hydrogens (tertiary/aromatic N) is 3. The van der Waals surface area contributed by atoms with Crippen molar-refractivity contribution in [3.8, 4) is 0 Å². The molecule has 0 amide bonds. The molecule has 2 aromatic heterocycles. The molecule has 0 aromatic carbocycles. The molecule has 3 rings (SSSR count). The molecule has 2 N–H and O–H groups in total. The minimum Gasteiger partial charge on any atom is -0.381 e. The molecule has 102 valence electrons. The number of rotatable bonds is 4. The van der Waals surface area contributed by atoms with Gasteiger partial charge in [0, 0.05) is 25.0 Å². The maximum absolute atomic E-state index is 5.39. The Kier molecular flexibility index (Phi) is 3.84. The summed E-state index contributed by atoms with van der Waals surface area (Å²) in [5, 5.41) is 4.69. The molecule has 1 aliphatic heterocycles. The Morgan fingerprint density at radius 2 is 2.26 bits per heavy atom. The van der Waals surface area contributed by atoms with Gasteiger partial charge in [0.2, 0.25) is 5.95 Å². The van der Waals surface area contributed by atoms with Crippen molar-refractivity contribution in [1.82, 2.24) is 19.9 Å². The molecule has 19 heavy (non-hydrogen) atoms. The molecule has 3 heterocycles. The quantitative estimate of drug-likeness (QED) is 0.834. The number of imidazole rings is 1. The summed E-state index contributed by atoms with van der Waals surface area (Å²) in [5.74, 6) is 0.650. The van der Waals surface area contributed by atoms with E-state index >= 15 is 0 Å². The summed E-state index contributed by atoms with van der Waals surface area (Å²) in [4.78, 5) is 16.3. The predicted octanol–water partition coefficient (Wildman–Crippen LogP) is 2.06. The first kappa shape index (κ1) is 12.7. The number of ether oxygens (including phenoxy) is 1. The summed E-state index contributed by atoms with van der Waals surface area (Å²) in [5.41, 5.74) is 1.65. The van der Waals surface area contributed by atoms with Crippen molar-refractivity contribution in [2.75, 3.05) is 25.1 Å². The molecule has 0 aliphatic carbocycles. The Labute approximate surface area is 115 Å². The standard InChI is InChI=1S/C12H17N5OS/c1-2-13-12-16-10-9(14-7-15-10)11(17-12)19-8-3-5-18-6-4-8/h7-8H,2-6H2,1H3,(H2,13,14,15,16,17). The van der Waals surface area contributed by atoms with E-state index in [4.69, 9.17) is 4.74 Å². The lowest BCUT2D eigenvalue weighted by molar-refractivity contribution is 0.1000. The first-order valence-corrected chi connectivity index (χ1v) is 7.44. The van der Waals surface area contributed by atoms with Crippen LogP contribution in [0.4, 0.5) is 5.95 Å². The van der Waals surface area contributed by atoms with Crippen molar-refractivity contribution in [3.63, 3.8) is 0 Å². The molecular weight excluding hydrogens is 262 g/mol. The lowest BCUT2D eigenvalue weighted by atomic mass is 10.2. The van der Waals surface area contributed by atoms with E-state index in [0.29, 0.717) is 11.2 Å². The van der Waals surface area contributed by atoms with Crippen LogP contribution in [-0.4, -0.2) is 44.9 Å². The van der Waals surface area contributed by atoms with Crippen LogP contribution in [0.5, 0.6) is 0 Å². The number of aromatic nitrogens is 4. The van der Waals surface area contributed by atoms with Gasteiger partial charge in [0.15, 0.2) is 5.65 Å². The average molecular weight is 279 g/mol. The molecule has 0 bridgehead atoms. The number of hydrogen-bond donors (Lipinski definition) is 2. The number of aromatic amines is 1. The van der Waals surface area contributed by atoms with Crippen LogP contribution in [-0.2, 0) is 4.74 Å². The van der Waals surface area contributed by atoms with E-state index in [9.17, 15) is 0 Å². The molecule has 2 aromatic rings. The molecule has 0 unspecified atom stereocenters. The maximum atomic E-state index is 5.39. The van der Waals surface area contributed by atoms with Gasteiger partial charge in [-0.05, 0) is 19.8 Å². The van der Waals surface area contributed by atoms with Gasteiger partial charge in [-0.2, -0.15) is 4.98 Å². The second-order valence-electron chi connectivity index (χ2n) is 4.41. The number of fused-ring (bicyclic) bond motifs is 1. The summed E-state index contributed by atoms with van der Waals surface area (Å²) in [6.45, 7) is 4.52. The minimum absolute atomic E-state index is 0.560. The van der Waals surface area contributed by atoms with Gasteiger partial charge in [-0.15, -0.1) is 11.8 Å². The predicted molar refractivity (Wildman–Crippen MR) is 75.5 cm³/mol. The van der Waals surface area contributed by atoms with Crippen LogP contribution in [0.2, 0.25) is 0 Å². The smallest absolute Gasteiger partial charge is 0.225 e. The van der Waals surface area contributed by atoms with Crippen molar-refractivity contribution in [2.45, 2.75) is 30.0 Å². The third kappa shape index (κ3) is 2.82.